The van der Waals surface area contributed by atoms with E-state index in [1.54, 1.807) is 16.9 Å². The average molecular weight is 318 g/mol. The molecule has 2 aromatic rings. The minimum Gasteiger partial charge on any atom is -0.398 e. The smallest absolute Gasteiger partial charge is 0.222 e. The lowest BCUT2D eigenvalue weighted by atomic mass is 10.1. The SMILES string of the molecule is CCN(CCO)c1cc(-c2cnc(NC(C)=O)cc2N)nn1C. The van der Waals surface area contributed by atoms with Crippen molar-refractivity contribution in [1.82, 2.24) is 14.8 Å². The first-order chi connectivity index (χ1) is 11.0. The molecule has 0 spiro atoms. The number of aryl methyl sites for hydroxylation is 1. The zero-order chi connectivity index (χ0) is 17.0. The Hall–Kier alpha value is -2.61. The molecule has 2 rings (SSSR count). The van der Waals surface area contributed by atoms with Crippen LogP contribution in [0.5, 0.6) is 0 Å². The minimum absolute atomic E-state index is 0.0729. The molecule has 124 valence electrons. The number of aromatic nitrogens is 3. The first kappa shape index (κ1) is 16.8. The molecule has 0 bridgehead atoms. The fraction of sp³-hybridized carbons (Fsp3) is 0.400. The highest BCUT2D eigenvalue weighted by atomic mass is 16.3. The van der Waals surface area contributed by atoms with Crippen LogP contribution in [-0.4, -0.2) is 45.5 Å². The Morgan fingerprint density at radius 2 is 2.22 bits per heavy atom. The van der Waals surface area contributed by atoms with E-state index in [-0.39, 0.29) is 12.5 Å². The number of nitrogens with one attached hydrogen (secondary N) is 1. The fourth-order valence-electron chi connectivity index (χ4n) is 2.37. The van der Waals surface area contributed by atoms with Crippen molar-refractivity contribution in [3.05, 3.63) is 18.3 Å². The van der Waals surface area contributed by atoms with Crippen molar-refractivity contribution in [3.8, 4) is 11.3 Å². The second-order valence-corrected chi connectivity index (χ2v) is 5.15. The molecule has 0 aliphatic rings. The zero-order valence-corrected chi connectivity index (χ0v) is 13.6. The number of aliphatic hydroxyl groups excluding tert-OH is 1. The van der Waals surface area contributed by atoms with Gasteiger partial charge in [-0.05, 0) is 6.92 Å². The van der Waals surface area contributed by atoms with E-state index >= 15 is 0 Å². The molecule has 0 atom stereocenters. The van der Waals surface area contributed by atoms with Crippen LogP contribution in [0.25, 0.3) is 11.3 Å². The van der Waals surface area contributed by atoms with Gasteiger partial charge in [-0.2, -0.15) is 5.10 Å². The van der Waals surface area contributed by atoms with Crippen molar-refractivity contribution in [1.29, 1.82) is 0 Å². The molecule has 0 unspecified atom stereocenters. The molecule has 0 aliphatic carbocycles. The quantitative estimate of drug-likeness (QED) is 0.728. The summed E-state index contributed by atoms with van der Waals surface area (Å²) in [5, 5.41) is 16.2. The van der Waals surface area contributed by atoms with Crippen LogP contribution in [0.1, 0.15) is 13.8 Å². The van der Waals surface area contributed by atoms with Crippen molar-refractivity contribution in [2.24, 2.45) is 7.05 Å². The summed E-state index contributed by atoms with van der Waals surface area (Å²) in [6.07, 6.45) is 1.59. The molecular weight excluding hydrogens is 296 g/mol. The third kappa shape index (κ3) is 3.78. The number of carbonyl (C=O) groups is 1. The van der Waals surface area contributed by atoms with E-state index in [1.165, 1.54) is 6.92 Å². The number of pyridine rings is 1. The molecule has 1 amide bonds. The highest BCUT2D eigenvalue weighted by molar-refractivity contribution is 5.89. The minimum atomic E-state index is -0.202. The average Bonchev–Trinajstić information content (AvgIpc) is 2.86. The van der Waals surface area contributed by atoms with Crippen LogP contribution in [0, 0.1) is 0 Å². The predicted molar refractivity (Wildman–Crippen MR) is 90.1 cm³/mol. The van der Waals surface area contributed by atoms with Gasteiger partial charge in [0.2, 0.25) is 5.91 Å². The number of aliphatic hydroxyl groups is 1. The summed E-state index contributed by atoms with van der Waals surface area (Å²) >= 11 is 0. The largest absolute Gasteiger partial charge is 0.398 e. The third-order valence-electron chi connectivity index (χ3n) is 3.45. The third-order valence-corrected chi connectivity index (χ3v) is 3.45. The first-order valence-corrected chi connectivity index (χ1v) is 7.39. The van der Waals surface area contributed by atoms with Crippen molar-refractivity contribution in [2.45, 2.75) is 13.8 Å². The van der Waals surface area contributed by atoms with Gasteiger partial charge in [-0.3, -0.25) is 9.48 Å². The number of amides is 1. The number of carbonyl (C=O) groups excluding carboxylic acids is 1. The number of nitrogen functional groups attached to an aromatic ring is 1. The summed E-state index contributed by atoms with van der Waals surface area (Å²) < 4.78 is 1.75. The van der Waals surface area contributed by atoms with Gasteiger partial charge in [0.25, 0.3) is 0 Å². The molecule has 0 saturated carbocycles. The molecule has 8 nitrogen and oxygen atoms in total. The Balaban J connectivity index is 2.34. The van der Waals surface area contributed by atoms with Crippen LogP contribution < -0.4 is 16.0 Å². The second kappa shape index (κ2) is 7.10. The van der Waals surface area contributed by atoms with Gasteiger partial charge in [-0.25, -0.2) is 4.98 Å². The molecule has 23 heavy (non-hydrogen) atoms. The van der Waals surface area contributed by atoms with Crippen LogP contribution in [0.4, 0.5) is 17.3 Å². The number of nitrogens with zero attached hydrogens (tertiary/aromatic N) is 4. The van der Waals surface area contributed by atoms with Crippen molar-refractivity contribution in [2.75, 3.05) is 35.6 Å². The highest BCUT2D eigenvalue weighted by Crippen LogP contribution is 2.28. The van der Waals surface area contributed by atoms with Crippen molar-refractivity contribution >= 4 is 23.2 Å². The van der Waals surface area contributed by atoms with E-state index < -0.39 is 0 Å². The van der Waals surface area contributed by atoms with E-state index in [4.69, 9.17) is 10.8 Å². The lowest BCUT2D eigenvalue weighted by molar-refractivity contribution is -0.114. The van der Waals surface area contributed by atoms with Crippen LogP contribution in [-0.2, 0) is 11.8 Å². The monoisotopic (exact) mass is 318 g/mol. The molecule has 4 N–H and O–H groups in total. The van der Waals surface area contributed by atoms with Crippen LogP contribution >= 0.6 is 0 Å². The van der Waals surface area contributed by atoms with Gasteiger partial charge in [0, 0.05) is 56.6 Å². The van der Waals surface area contributed by atoms with Crippen LogP contribution in [0.3, 0.4) is 0 Å². The van der Waals surface area contributed by atoms with E-state index in [0.717, 1.165) is 12.4 Å². The molecule has 0 aliphatic heterocycles. The maximum absolute atomic E-state index is 11.1. The van der Waals surface area contributed by atoms with Gasteiger partial charge in [0.1, 0.15) is 11.6 Å². The summed E-state index contributed by atoms with van der Waals surface area (Å²) in [5.74, 6) is 1.10. The molecule has 0 saturated heterocycles. The number of anilines is 3. The molecule has 0 aromatic carbocycles. The van der Waals surface area contributed by atoms with Gasteiger partial charge in [-0.1, -0.05) is 0 Å². The number of nitrogens with two attached hydrogens (primary N) is 1. The molecule has 8 heteroatoms. The second-order valence-electron chi connectivity index (χ2n) is 5.15. The first-order valence-electron chi connectivity index (χ1n) is 7.39. The van der Waals surface area contributed by atoms with Gasteiger partial charge in [-0.15, -0.1) is 0 Å². The molecule has 0 radical (unpaired) electrons. The van der Waals surface area contributed by atoms with E-state index in [2.05, 4.69) is 15.4 Å². The maximum atomic E-state index is 11.1. The summed E-state index contributed by atoms with van der Waals surface area (Å²) in [5.41, 5.74) is 7.93. The molecule has 0 fully saturated rings. The van der Waals surface area contributed by atoms with Crippen molar-refractivity contribution < 1.29 is 9.90 Å². The van der Waals surface area contributed by atoms with E-state index in [9.17, 15) is 4.79 Å². The van der Waals surface area contributed by atoms with E-state index in [0.29, 0.717) is 29.3 Å². The number of hydrogen-bond donors (Lipinski definition) is 3. The standard InChI is InChI=1S/C15H22N6O2/c1-4-21(5-6-22)15-8-13(19-20(15)3)11-9-17-14(7-12(11)16)18-10(2)23/h7-9,22H,4-6H2,1-3H3,(H3,16,17,18,23). The van der Waals surface area contributed by atoms with E-state index in [1.807, 2.05) is 24.9 Å². The molecule has 2 aromatic heterocycles. The highest BCUT2D eigenvalue weighted by Gasteiger charge is 2.15. The fourth-order valence-corrected chi connectivity index (χ4v) is 2.37. The summed E-state index contributed by atoms with van der Waals surface area (Å²) in [7, 11) is 1.84. The zero-order valence-electron chi connectivity index (χ0n) is 13.6. The number of hydrogen-bond acceptors (Lipinski definition) is 6. The molecular formula is C15H22N6O2. The van der Waals surface area contributed by atoms with Gasteiger partial charge < -0.3 is 21.1 Å². The Kier molecular flexibility index (Phi) is 5.17. The van der Waals surface area contributed by atoms with Gasteiger partial charge >= 0.3 is 0 Å². The van der Waals surface area contributed by atoms with Gasteiger partial charge in [0.15, 0.2) is 0 Å². The Bertz CT molecular complexity index is 697. The lowest BCUT2D eigenvalue weighted by Crippen LogP contribution is -2.28. The molecule has 2 heterocycles. The summed E-state index contributed by atoms with van der Waals surface area (Å²) in [4.78, 5) is 17.3. The Morgan fingerprint density at radius 1 is 1.48 bits per heavy atom. The van der Waals surface area contributed by atoms with Crippen molar-refractivity contribution in [3.63, 3.8) is 0 Å². The summed E-state index contributed by atoms with van der Waals surface area (Å²) in [6, 6.07) is 3.51. The van der Waals surface area contributed by atoms with Crippen LogP contribution in [0.15, 0.2) is 18.3 Å². The predicted octanol–water partition coefficient (Wildman–Crippen LogP) is 0.841. The normalized spacial score (nSPS) is 10.6. The summed E-state index contributed by atoms with van der Waals surface area (Å²) in [6.45, 7) is 4.79. The number of likely N-dealkylation sites (N-methyl/N-ethyl adjacent to an activating group) is 1. The number of rotatable bonds is 6. The van der Waals surface area contributed by atoms with Crippen LogP contribution in [0.2, 0.25) is 0 Å². The van der Waals surface area contributed by atoms with Gasteiger partial charge in [0.05, 0.1) is 12.3 Å². The maximum Gasteiger partial charge on any atom is 0.222 e. The Labute approximate surface area is 134 Å². The topological polar surface area (TPSA) is 109 Å². The Morgan fingerprint density at radius 3 is 2.78 bits per heavy atom. The lowest BCUT2D eigenvalue weighted by Gasteiger charge is -2.21.